The van der Waals surface area contributed by atoms with Crippen molar-refractivity contribution < 1.29 is 39.0 Å². The molecule has 17 heteroatoms. The van der Waals surface area contributed by atoms with Gasteiger partial charge in [-0.2, -0.15) is 4.98 Å². The molecule has 0 saturated carbocycles. The molecule has 0 unspecified atom stereocenters. The molecule has 2 aromatic heterocycles. The number of phenolic OH excluding ortho intramolecular Hbond substituents is 2. The van der Waals surface area contributed by atoms with Gasteiger partial charge in [0.2, 0.25) is 17.7 Å². The predicted octanol–water partition coefficient (Wildman–Crippen LogP) is 2.21. The molecule has 290 valence electrons. The molecule has 0 aliphatic rings. The summed E-state index contributed by atoms with van der Waals surface area (Å²) in [7, 11) is 0. The molecule has 2 heterocycles. The van der Waals surface area contributed by atoms with Gasteiger partial charge < -0.3 is 57.6 Å². The monoisotopic (exact) mass is 755 g/mol. The van der Waals surface area contributed by atoms with Crippen molar-refractivity contribution in [1.29, 1.82) is 0 Å². The molecular weight excluding hydrogens is 710 g/mol. The lowest BCUT2D eigenvalue weighted by molar-refractivity contribution is -0.141. The molecule has 0 saturated heterocycles. The minimum Gasteiger partial charge on any atom is -0.508 e. The van der Waals surface area contributed by atoms with Crippen LogP contribution in [0.3, 0.4) is 0 Å². The average molecular weight is 756 g/mol. The summed E-state index contributed by atoms with van der Waals surface area (Å²) in [6.45, 7) is -0.146. The summed E-state index contributed by atoms with van der Waals surface area (Å²) < 4.78 is 5.52. The molecule has 12 N–H and O–H groups in total. The van der Waals surface area contributed by atoms with Crippen LogP contribution >= 0.6 is 0 Å². The van der Waals surface area contributed by atoms with Gasteiger partial charge in [-0.3, -0.25) is 9.59 Å². The van der Waals surface area contributed by atoms with Crippen molar-refractivity contribution >= 4 is 34.7 Å². The number of para-hydroxylation sites is 1. The van der Waals surface area contributed by atoms with E-state index in [1.165, 1.54) is 12.1 Å². The second kappa shape index (κ2) is 19.0. The number of phenols is 2. The maximum absolute atomic E-state index is 13.5. The van der Waals surface area contributed by atoms with Gasteiger partial charge in [0, 0.05) is 29.9 Å². The summed E-state index contributed by atoms with van der Waals surface area (Å²) in [6, 6.07) is 15.3. The predicted molar refractivity (Wildman–Crippen MR) is 201 cm³/mol. The number of benzene rings is 3. The smallest absolute Gasteiger partial charge is 0.326 e. The highest BCUT2D eigenvalue weighted by Crippen LogP contribution is 2.22. The summed E-state index contributed by atoms with van der Waals surface area (Å²) in [5.74, 6) is -2.27. The first-order valence-corrected chi connectivity index (χ1v) is 17.8. The van der Waals surface area contributed by atoms with Gasteiger partial charge in [-0.15, -0.1) is 0 Å². The van der Waals surface area contributed by atoms with E-state index in [0.717, 1.165) is 16.5 Å². The van der Waals surface area contributed by atoms with E-state index in [9.17, 15) is 34.5 Å². The number of carboxylic acids is 1. The lowest BCUT2D eigenvalue weighted by atomic mass is 10.0. The van der Waals surface area contributed by atoms with Crippen LogP contribution in [-0.4, -0.2) is 79.4 Å². The number of fused-ring (bicyclic) bond motifs is 1. The number of aromatic amines is 1. The summed E-state index contributed by atoms with van der Waals surface area (Å²) >= 11 is 0. The summed E-state index contributed by atoms with van der Waals surface area (Å²) in [4.78, 5) is 59.5. The number of nitrogens with one attached hydrogen (secondary N) is 5. The molecule has 0 aliphatic heterocycles. The second-order valence-electron chi connectivity index (χ2n) is 13.1. The van der Waals surface area contributed by atoms with Crippen LogP contribution in [0.4, 0.5) is 4.79 Å². The number of amides is 4. The first kappa shape index (κ1) is 39.7. The first-order valence-electron chi connectivity index (χ1n) is 17.8. The minimum absolute atomic E-state index is 0.00256. The quantitative estimate of drug-likeness (QED) is 0.0543. The lowest BCUT2D eigenvalue weighted by Gasteiger charge is -2.21. The summed E-state index contributed by atoms with van der Waals surface area (Å²) in [6.07, 6.45) is 3.66. The van der Waals surface area contributed by atoms with Crippen molar-refractivity contribution in [3.05, 3.63) is 107 Å². The highest BCUT2D eigenvalue weighted by molar-refractivity contribution is 5.92. The van der Waals surface area contributed by atoms with Crippen molar-refractivity contribution in [1.82, 2.24) is 36.4 Å². The topological polar surface area (TPSA) is 284 Å². The van der Waals surface area contributed by atoms with Gasteiger partial charge in [0.25, 0.3) is 0 Å². The van der Waals surface area contributed by atoms with E-state index in [1.807, 2.05) is 24.3 Å². The van der Waals surface area contributed by atoms with Gasteiger partial charge >= 0.3 is 12.0 Å². The molecule has 3 aromatic carbocycles. The average Bonchev–Trinajstić information content (AvgIpc) is 3.83. The summed E-state index contributed by atoms with van der Waals surface area (Å²) in [5.41, 5.74) is 15.0. The van der Waals surface area contributed by atoms with E-state index >= 15 is 0 Å². The Morgan fingerprint density at radius 1 is 0.818 bits per heavy atom. The maximum Gasteiger partial charge on any atom is 0.326 e. The number of rotatable bonds is 19. The molecule has 5 aromatic rings. The number of carbonyl (C=O) groups excluding carboxylic acids is 3. The highest BCUT2D eigenvalue weighted by atomic mass is 16.5. The Kier molecular flexibility index (Phi) is 13.8. The number of H-pyrrole nitrogens is 1. The fraction of sp³-hybridized carbons (Fsp3) is 0.316. The van der Waals surface area contributed by atoms with Crippen molar-refractivity contribution in [2.75, 3.05) is 13.1 Å². The molecule has 5 rings (SSSR count). The number of urea groups is 1. The Bertz CT molecular complexity index is 2050. The molecule has 55 heavy (non-hydrogen) atoms. The van der Waals surface area contributed by atoms with Gasteiger partial charge in [-0.25, -0.2) is 9.59 Å². The molecule has 0 radical (unpaired) electrons. The van der Waals surface area contributed by atoms with E-state index in [4.69, 9.17) is 16.0 Å². The number of carbonyl (C=O) groups is 4. The van der Waals surface area contributed by atoms with Crippen LogP contribution in [-0.2, 0) is 33.6 Å². The number of hydrogen-bond donors (Lipinski definition) is 10. The van der Waals surface area contributed by atoms with Crippen LogP contribution in [0.1, 0.15) is 59.8 Å². The molecule has 0 fully saturated rings. The molecule has 4 amide bonds. The van der Waals surface area contributed by atoms with Gasteiger partial charge in [-0.05, 0) is 79.3 Å². The fourth-order valence-electron chi connectivity index (χ4n) is 5.96. The number of aromatic hydroxyl groups is 2. The Balaban J connectivity index is 1.24. The zero-order valence-electron chi connectivity index (χ0n) is 29.9. The van der Waals surface area contributed by atoms with Crippen LogP contribution in [0.15, 0.2) is 83.5 Å². The van der Waals surface area contributed by atoms with Crippen LogP contribution in [0, 0.1) is 0 Å². The number of aliphatic carboxylic acids is 1. The summed E-state index contributed by atoms with van der Waals surface area (Å²) in [5, 5.41) is 44.4. The number of aromatic nitrogens is 3. The SMILES string of the molecule is NCCCC[C@H](NC(=O)N[C@@H](Cc1ccc(O)cc1)C(=O)NCC(=O)N[C@@H](Cc1c[nH]c2ccccc12)C(=O)O)c1nc([C@@H](N)Cc2ccc(O)cc2)no1. The first-order chi connectivity index (χ1) is 26.5. The Morgan fingerprint density at radius 2 is 1.49 bits per heavy atom. The number of hydrogen-bond acceptors (Lipinski definition) is 11. The molecule has 0 spiro atoms. The lowest BCUT2D eigenvalue weighted by Crippen LogP contribution is -2.53. The minimum atomic E-state index is -1.27. The van der Waals surface area contributed by atoms with Crippen LogP contribution in [0.2, 0.25) is 0 Å². The fourth-order valence-corrected chi connectivity index (χ4v) is 5.96. The standard InChI is InChI=1S/C38H45N9O8/c39-16-4-3-7-30(36-46-34(47-55-36)28(40)17-22-8-12-25(48)13-9-22)44-38(54)45-31(18-23-10-14-26(49)15-11-23)35(51)42-21-33(50)43-32(37(52)53)19-24-20-41-29-6-2-1-5-27(24)29/h1-2,5-6,8-15,20,28,30-32,41,48-49H,3-4,7,16-19,21,39-40H2,(H,42,51)(H,43,50)(H,52,53)(H2,44,45,54)/t28-,30-,31-,32-/m0/s1. The number of carboxylic acid groups (broad SMARTS) is 1. The van der Waals surface area contributed by atoms with E-state index in [1.54, 1.807) is 42.6 Å². The Labute approximate surface area is 315 Å². The Morgan fingerprint density at radius 3 is 2.16 bits per heavy atom. The van der Waals surface area contributed by atoms with Crippen molar-refractivity contribution in [2.24, 2.45) is 11.5 Å². The van der Waals surface area contributed by atoms with E-state index in [-0.39, 0.29) is 36.1 Å². The van der Waals surface area contributed by atoms with E-state index < -0.39 is 54.5 Å². The van der Waals surface area contributed by atoms with Gasteiger partial charge in [0.15, 0.2) is 5.82 Å². The molecule has 0 bridgehead atoms. The van der Waals surface area contributed by atoms with Crippen LogP contribution < -0.4 is 32.7 Å². The maximum atomic E-state index is 13.5. The third kappa shape index (κ3) is 11.5. The number of unbranched alkanes of at least 4 members (excludes halogenated alkanes) is 1. The molecule has 17 nitrogen and oxygen atoms in total. The second-order valence-corrected chi connectivity index (χ2v) is 13.1. The van der Waals surface area contributed by atoms with Gasteiger partial charge in [-0.1, -0.05) is 47.6 Å². The Hall–Kier alpha value is -6.46. The van der Waals surface area contributed by atoms with Gasteiger partial charge in [0.1, 0.15) is 29.6 Å². The number of nitrogens with two attached hydrogens (primary N) is 2. The zero-order chi connectivity index (χ0) is 39.3. The van der Waals surface area contributed by atoms with E-state index in [0.29, 0.717) is 43.4 Å². The van der Waals surface area contributed by atoms with E-state index in [2.05, 4.69) is 36.4 Å². The van der Waals surface area contributed by atoms with Crippen molar-refractivity contribution in [2.45, 2.75) is 62.7 Å². The van der Waals surface area contributed by atoms with Crippen LogP contribution in [0.25, 0.3) is 10.9 Å². The highest BCUT2D eigenvalue weighted by Gasteiger charge is 2.28. The van der Waals surface area contributed by atoms with Gasteiger partial charge in [0.05, 0.1) is 12.6 Å². The molecular formula is C38H45N9O8. The molecule has 0 aliphatic carbocycles. The van der Waals surface area contributed by atoms with Crippen molar-refractivity contribution in [3.8, 4) is 11.5 Å². The largest absolute Gasteiger partial charge is 0.508 e. The van der Waals surface area contributed by atoms with Crippen molar-refractivity contribution in [3.63, 3.8) is 0 Å². The normalized spacial score (nSPS) is 13.3. The third-order valence-electron chi connectivity index (χ3n) is 8.88. The zero-order valence-corrected chi connectivity index (χ0v) is 29.9. The molecule has 4 atom stereocenters. The number of nitrogens with zero attached hydrogens (tertiary/aromatic N) is 2. The third-order valence-corrected chi connectivity index (χ3v) is 8.88. The van der Waals surface area contributed by atoms with Crippen LogP contribution in [0.5, 0.6) is 11.5 Å².